The maximum atomic E-state index is 11.3. The van der Waals surface area contributed by atoms with Crippen LogP contribution in [0.1, 0.15) is 39.5 Å². The van der Waals surface area contributed by atoms with Crippen molar-refractivity contribution < 1.29 is 9.90 Å². The summed E-state index contributed by atoms with van der Waals surface area (Å²) in [5, 5.41) is 9.80. The molecule has 1 amide bonds. The minimum atomic E-state index is -1.07. The Morgan fingerprint density at radius 1 is 1.43 bits per heavy atom. The van der Waals surface area contributed by atoms with Gasteiger partial charge in [0.25, 0.3) is 0 Å². The first kappa shape index (κ1) is 11.2. The van der Waals surface area contributed by atoms with E-state index in [0.29, 0.717) is 6.54 Å². The fourth-order valence-electron chi connectivity index (χ4n) is 1.67. The Kier molecular flexibility index (Phi) is 3.69. The van der Waals surface area contributed by atoms with E-state index in [1.807, 2.05) is 0 Å². The molecule has 0 saturated carbocycles. The summed E-state index contributed by atoms with van der Waals surface area (Å²) in [5.74, 6) is -0.0773. The summed E-state index contributed by atoms with van der Waals surface area (Å²) < 4.78 is 0. The second-order valence-corrected chi connectivity index (χ2v) is 3.98. The topological polar surface area (TPSA) is 40.5 Å². The Hall–Kier alpha value is -0.830. The molecule has 0 spiro atoms. The zero-order valence-electron chi connectivity index (χ0n) is 8.99. The van der Waals surface area contributed by atoms with Gasteiger partial charge in [-0.2, -0.15) is 0 Å². The van der Waals surface area contributed by atoms with E-state index in [-0.39, 0.29) is 5.91 Å². The van der Waals surface area contributed by atoms with Crippen molar-refractivity contribution in [2.24, 2.45) is 0 Å². The Morgan fingerprint density at radius 2 is 2.14 bits per heavy atom. The van der Waals surface area contributed by atoms with Crippen LogP contribution in [0.4, 0.5) is 0 Å². The van der Waals surface area contributed by atoms with Gasteiger partial charge in [0.2, 0.25) is 5.91 Å². The van der Waals surface area contributed by atoms with E-state index in [9.17, 15) is 9.90 Å². The fraction of sp³-hybridized carbons (Fsp3) is 0.727. The highest BCUT2D eigenvalue weighted by atomic mass is 16.3. The van der Waals surface area contributed by atoms with Crippen molar-refractivity contribution in [1.82, 2.24) is 4.90 Å². The van der Waals surface area contributed by atoms with Crippen molar-refractivity contribution in [1.29, 1.82) is 0 Å². The maximum absolute atomic E-state index is 11.3. The second-order valence-electron chi connectivity index (χ2n) is 3.98. The number of rotatable bonds is 5. The highest BCUT2D eigenvalue weighted by Crippen LogP contribution is 2.21. The van der Waals surface area contributed by atoms with Gasteiger partial charge in [0.05, 0.1) is 0 Å². The van der Waals surface area contributed by atoms with Gasteiger partial charge < -0.3 is 10.0 Å². The summed E-state index contributed by atoms with van der Waals surface area (Å²) in [6.07, 6.45) is 7.46. The molecule has 0 aromatic heterocycles. The Balaban J connectivity index is 2.33. The van der Waals surface area contributed by atoms with E-state index in [0.717, 1.165) is 12.8 Å². The van der Waals surface area contributed by atoms with Crippen molar-refractivity contribution in [3.05, 3.63) is 12.2 Å². The molecule has 3 nitrogen and oxygen atoms in total. The zero-order valence-corrected chi connectivity index (χ0v) is 8.99. The van der Waals surface area contributed by atoms with Gasteiger partial charge in [0.1, 0.15) is 0 Å². The molecule has 1 atom stereocenters. The van der Waals surface area contributed by atoms with Crippen LogP contribution in [0.3, 0.4) is 0 Å². The molecule has 0 saturated heterocycles. The molecule has 1 N–H and O–H groups in total. The summed E-state index contributed by atoms with van der Waals surface area (Å²) in [4.78, 5) is 12.8. The largest absolute Gasteiger partial charge is 0.367 e. The van der Waals surface area contributed by atoms with Crippen LogP contribution in [0.2, 0.25) is 0 Å². The summed E-state index contributed by atoms with van der Waals surface area (Å²) in [7, 11) is 0. The first-order valence-electron chi connectivity index (χ1n) is 5.31. The molecule has 1 heterocycles. The van der Waals surface area contributed by atoms with Crippen molar-refractivity contribution in [3.63, 3.8) is 0 Å². The van der Waals surface area contributed by atoms with Crippen LogP contribution in [0, 0.1) is 0 Å². The van der Waals surface area contributed by atoms with Gasteiger partial charge >= 0.3 is 0 Å². The van der Waals surface area contributed by atoms with Crippen molar-refractivity contribution in [2.75, 3.05) is 6.54 Å². The maximum Gasteiger partial charge on any atom is 0.248 e. The number of carbonyl (C=O) groups is 1. The van der Waals surface area contributed by atoms with Crippen molar-refractivity contribution >= 4 is 5.91 Å². The lowest BCUT2D eigenvalue weighted by Crippen LogP contribution is -2.44. The molecular formula is C11H19NO2. The van der Waals surface area contributed by atoms with Crippen LogP contribution >= 0.6 is 0 Å². The molecule has 0 fully saturated rings. The van der Waals surface area contributed by atoms with Crippen LogP contribution in [0.15, 0.2) is 12.2 Å². The van der Waals surface area contributed by atoms with E-state index < -0.39 is 5.72 Å². The third kappa shape index (κ3) is 2.58. The molecule has 0 bridgehead atoms. The highest BCUT2D eigenvalue weighted by molar-refractivity contribution is 5.91. The molecule has 1 aliphatic heterocycles. The summed E-state index contributed by atoms with van der Waals surface area (Å²) in [6, 6.07) is 0. The van der Waals surface area contributed by atoms with Gasteiger partial charge in [-0.3, -0.25) is 4.79 Å². The smallest absolute Gasteiger partial charge is 0.248 e. The average Bonchev–Trinajstić information content (AvgIpc) is 2.38. The summed E-state index contributed by atoms with van der Waals surface area (Å²) in [5.41, 5.74) is -1.07. The van der Waals surface area contributed by atoms with Crippen LogP contribution in [-0.2, 0) is 4.79 Å². The lowest BCUT2D eigenvalue weighted by molar-refractivity contribution is -0.139. The Bertz CT molecular complexity index is 233. The number of nitrogens with zero attached hydrogens (tertiary/aromatic N) is 1. The molecule has 0 aliphatic carbocycles. The minimum Gasteiger partial charge on any atom is -0.367 e. The third-order valence-corrected chi connectivity index (χ3v) is 2.59. The van der Waals surface area contributed by atoms with Crippen LogP contribution in [0.25, 0.3) is 0 Å². The highest BCUT2D eigenvalue weighted by Gasteiger charge is 2.33. The van der Waals surface area contributed by atoms with E-state index in [1.165, 1.54) is 23.8 Å². The summed E-state index contributed by atoms with van der Waals surface area (Å²) in [6.45, 7) is 4.45. The lowest BCUT2D eigenvalue weighted by atomic mass is 10.2. The minimum absolute atomic E-state index is 0.0773. The SMILES string of the molecule is CCCCCCN1C(=O)C=CC1(C)O. The molecule has 1 rings (SSSR count). The number of hydrogen-bond acceptors (Lipinski definition) is 2. The number of amides is 1. The zero-order chi connectivity index (χ0) is 10.6. The third-order valence-electron chi connectivity index (χ3n) is 2.59. The van der Waals surface area contributed by atoms with Gasteiger partial charge in [0, 0.05) is 12.6 Å². The molecule has 1 unspecified atom stereocenters. The van der Waals surface area contributed by atoms with Gasteiger partial charge in [-0.1, -0.05) is 26.2 Å². The van der Waals surface area contributed by atoms with E-state index in [1.54, 1.807) is 13.0 Å². The van der Waals surface area contributed by atoms with Crippen LogP contribution in [0.5, 0.6) is 0 Å². The lowest BCUT2D eigenvalue weighted by Gasteiger charge is -2.29. The second kappa shape index (κ2) is 4.60. The first-order chi connectivity index (χ1) is 6.58. The average molecular weight is 197 g/mol. The van der Waals surface area contributed by atoms with Crippen LogP contribution < -0.4 is 0 Å². The standard InChI is InChI=1S/C11H19NO2/c1-3-4-5-6-9-12-10(13)7-8-11(12,2)14/h7-8,14H,3-6,9H2,1-2H3. The molecule has 3 heteroatoms. The first-order valence-corrected chi connectivity index (χ1v) is 5.31. The Morgan fingerprint density at radius 3 is 2.64 bits per heavy atom. The molecule has 0 aromatic carbocycles. The quantitative estimate of drug-likeness (QED) is 0.681. The van der Waals surface area contributed by atoms with E-state index >= 15 is 0 Å². The predicted molar refractivity (Wildman–Crippen MR) is 55.6 cm³/mol. The number of aliphatic hydroxyl groups is 1. The monoisotopic (exact) mass is 197 g/mol. The molecule has 0 radical (unpaired) electrons. The van der Waals surface area contributed by atoms with Gasteiger partial charge in [0.15, 0.2) is 5.72 Å². The fourth-order valence-corrected chi connectivity index (χ4v) is 1.67. The molecule has 80 valence electrons. The number of carbonyl (C=O) groups excluding carboxylic acids is 1. The van der Waals surface area contributed by atoms with E-state index in [4.69, 9.17) is 0 Å². The van der Waals surface area contributed by atoms with Gasteiger partial charge in [-0.15, -0.1) is 0 Å². The predicted octanol–water partition coefficient (Wildman–Crippen LogP) is 1.67. The van der Waals surface area contributed by atoms with Crippen molar-refractivity contribution in [2.45, 2.75) is 45.3 Å². The normalized spacial score (nSPS) is 26.2. The number of unbranched alkanes of at least 4 members (excludes halogenated alkanes) is 3. The van der Waals surface area contributed by atoms with Gasteiger partial charge in [-0.05, 0) is 19.4 Å². The molecular weight excluding hydrogens is 178 g/mol. The molecule has 0 aromatic rings. The van der Waals surface area contributed by atoms with Gasteiger partial charge in [-0.25, -0.2) is 0 Å². The number of hydrogen-bond donors (Lipinski definition) is 1. The van der Waals surface area contributed by atoms with E-state index in [2.05, 4.69) is 6.92 Å². The Labute approximate surface area is 85.4 Å². The summed E-state index contributed by atoms with van der Waals surface area (Å²) >= 11 is 0. The molecule has 1 aliphatic rings. The van der Waals surface area contributed by atoms with Crippen molar-refractivity contribution in [3.8, 4) is 0 Å². The van der Waals surface area contributed by atoms with Crippen LogP contribution in [-0.4, -0.2) is 28.2 Å². The molecule has 14 heavy (non-hydrogen) atoms.